The predicted octanol–water partition coefficient (Wildman–Crippen LogP) is 1.21. The molecule has 0 aliphatic heterocycles. The Kier molecular flexibility index (Phi) is 2.95. The molecule has 2 aromatic heterocycles. The van der Waals surface area contributed by atoms with Gasteiger partial charge in [0.2, 0.25) is 0 Å². The van der Waals surface area contributed by atoms with E-state index < -0.39 is 5.97 Å². The molecule has 16 heavy (non-hydrogen) atoms. The summed E-state index contributed by atoms with van der Waals surface area (Å²) in [6.45, 7) is 0. The maximum Gasteiger partial charge on any atom is 0.377 e. The smallest absolute Gasteiger partial charge is 0.377 e. The molecule has 0 radical (unpaired) electrons. The predicted molar refractivity (Wildman–Crippen MR) is 58.2 cm³/mol. The minimum absolute atomic E-state index is 0.0196. The van der Waals surface area contributed by atoms with Gasteiger partial charge in [0.05, 0.1) is 17.3 Å². The van der Waals surface area contributed by atoms with Crippen LogP contribution in [0.15, 0.2) is 29.3 Å². The number of ether oxygens (including phenoxy) is 1. The van der Waals surface area contributed by atoms with E-state index in [9.17, 15) is 4.79 Å². The van der Waals surface area contributed by atoms with Crippen LogP contribution in [0.25, 0.3) is 5.69 Å². The first-order chi connectivity index (χ1) is 7.72. The van der Waals surface area contributed by atoms with Crippen LogP contribution in [0.2, 0.25) is 0 Å². The van der Waals surface area contributed by atoms with Crippen LogP contribution in [0.3, 0.4) is 0 Å². The van der Waals surface area contributed by atoms with Crippen molar-refractivity contribution in [1.82, 2.24) is 19.7 Å². The lowest BCUT2D eigenvalue weighted by Gasteiger charge is -2.01. The van der Waals surface area contributed by atoms with Gasteiger partial charge in [-0.1, -0.05) is 0 Å². The Hall–Kier alpha value is -1.76. The van der Waals surface area contributed by atoms with Crippen molar-refractivity contribution < 1.29 is 9.53 Å². The summed E-state index contributed by atoms with van der Waals surface area (Å²) >= 11 is 3.33. The zero-order chi connectivity index (χ0) is 11.5. The summed E-state index contributed by atoms with van der Waals surface area (Å²) < 4.78 is 6.75. The van der Waals surface area contributed by atoms with Gasteiger partial charge in [-0.25, -0.2) is 14.5 Å². The molecule has 0 N–H and O–H groups in total. The van der Waals surface area contributed by atoms with Crippen molar-refractivity contribution in [1.29, 1.82) is 0 Å². The van der Waals surface area contributed by atoms with Gasteiger partial charge in [0.25, 0.3) is 5.82 Å². The highest BCUT2D eigenvalue weighted by atomic mass is 79.9. The molecule has 2 aromatic rings. The number of rotatable bonds is 2. The number of hydrogen-bond acceptors (Lipinski definition) is 5. The van der Waals surface area contributed by atoms with Crippen LogP contribution in [0.1, 0.15) is 10.6 Å². The number of nitrogens with zero attached hydrogens (tertiary/aromatic N) is 4. The van der Waals surface area contributed by atoms with Gasteiger partial charge < -0.3 is 4.74 Å². The number of esters is 1. The van der Waals surface area contributed by atoms with Gasteiger partial charge in [-0.3, -0.25) is 4.98 Å². The summed E-state index contributed by atoms with van der Waals surface area (Å²) in [4.78, 5) is 18.9. The van der Waals surface area contributed by atoms with E-state index in [4.69, 9.17) is 0 Å². The number of carbonyl (C=O) groups is 1. The van der Waals surface area contributed by atoms with Crippen LogP contribution >= 0.6 is 15.9 Å². The highest BCUT2D eigenvalue weighted by Gasteiger charge is 2.12. The van der Waals surface area contributed by atoms with Crippen LogP contribution in [-0.2, 0) is 4.74 Å². The summed E-state index contributed by atoms with van der Waals surface area (Å²) in [5.74, 6) is -0.546. The normalized spacial score (nSPS) is 10.1. The third-order valence-electron chi connectivity index (χ3n) is 1.86. The topological polar surface area (TPSA) is 69.9 Å². The van der Waals surface area contributed by atoms with Crippen molar-refractivity contribution in [3.63, 3.8) is 0 Å². The van der Waals surface area contributed by atoms with Gasteiger partial charge >= 0.3 is 5.97 Å². The quantitative estimate of drug-likeness (QED) is 0.775. The van der Waals surface area contributed by atoms with Crippen LogP contribution in [-0.4, -0.2) is 32.8 Å². The number of hydrogen-bond donors (Lipinski definition) is 0. The molecular weight excluding hydrogens is 276 g/mol. The first-order valence-electron chi connectivity index (χ1n) is 4.32. The molecule has 0 saturated heterocycles. The fourth-order valence-electron chi connectivity index (χ4n) is 1.12. The van der Waals surface area contributed by atoms with E-state index in [1.165, 1.54) is 18.1 Å². The van der Waals surface area contributed by atoms with Crippen molar-refractivity contribution in [3.8, 4) is 5.69 Å². The van der Waals surface area contributed by atoms with Gasteiger partial charge in [-0.2, -0.15) is 0 Å². The summed E-state index contributed by atoms with van der Waals surface area (Å²) in [7, 11) is 1.28. The second-order valence-corrected chi connectivity index (χ2v) is 3.69. The monoisotopic (exact) mass is 282 g/mol. The minimum atomic E-state index is -0.566. The van der Waals surface area contributed by atoms with Crippen molar-refractivity contribution >= 4 is 21.9 Å². The molecule has 2 rings (SSSR count). The summed E-state index contributed by atoms with van der Waals surface area (Å²) in [5, 5.41) is 3.99. The molecule has 0 saturated carbocycles. The molecule has 0 fully saturated rings. The molecule has 82 valence electrons. The molecule has 7 heteroatoms. The number of pyridine rings is 1. The second kappa shape index (κ2) is 4.40. The lowest BCUT2D eigenvalue weighted by atomic mass is 10.4. The van der Waals surface area contributed by atoms with Gasteiger partial charge in [0.15, 0.2) is 0 Å². The van der Waals surface area contributed by atoms with E-state index in [2.05, 4.69) is 35.7 Å². The van der Waals surface area contributed by atoms with Crippen molar-refractivity contribution in [2.75, 3.05) is 7.11 Å². The van der Waals surface area contributed by atoms with Crippen LogP contribution in [0, 0.1) is 0 Å². The van der Waals surface area contributed by atoms with Gasteiger partial charge in [0.1, 0.15) is 6.33 Å². The molecule has 2 heterocycles. The Morgan fingerprint density at radius 3 is 3.06 bits per heavy atom. The zero-order valence-corrected chi connectivity index (χ0v) is 9.88. The first-order valence-corrected chi connectivity index (χ1v) is 5.11. The van der Waals surface area contributed by atoms with Gasteiger partial charge in [-0.15, -0.1) is 5.10 Å². The Balaban J connectivity index is 2.39. The zero-order valence-electron chi connectivity index (χ0n) is 8.29. The molecule has 0 atom stereocenters. The lowest BCUT2D eigenvalue weighted by molar-refractivity contribution is 0.0587. The molecule has 0 unspecified atom stereocenters. The Morgan fingerprint density at radius 1 is 1.56 bits per heavy atom. The highest BCUT2D eigenvalue weighted by Crippen LogP contribution is 2.17. The van der Waals surface area contributed by atoms with E-state index in [0.717, 1.165) is 10.2 Å². The van der Waals surface area contributed by atoms with E-state index >= 15 is 0 Å². The highest BCUT2D eigenvalue weighted by molar-refractivity contribution is 9.10. The lowest BCUT2D eigenvalue weighted by Crippen LogP contribution is -2.05. The van der Waals surface area contributed by atoms with Crippen LogP contribution < -0.4 is 0 Å². The Morgan fingerprint density at radius 2 is 2.38 bits per heavy atom. The van der Waals surface area contributed by atoms with E-state index in [1.54, 1.807) is 18.5 Å². The van der Waals surface area contributed by atoms with E-state index in [-0.39, 0.29) is 5.82 Å². The number of carbonyl (C=O) groups excluding carboxylic acids is 1. The third kappa shape index (κ3) is 1.94. The molecule has 6 nitrogen and oxygen atoms in total. The van der Waals surface area contributed by atoms with Gasteiger partial charge in [-0.05, 0) is 22.0 Å². The fraction of sp³-hybridized carbons (Fsp3) is 0.111. The van der Waals surface area contributed by atoms with Crippen molar-refractivity contribution in [2.45, 2.75) is 0 Å². The number of halogens is 1. The first kappa shape index (κ1) is 10.7. The molecule has 0 aliphatic rings. The van der Waals surface area contributed by atoms with E-state index in [1.807, 2.05) is 0 Å². The number of methoxy groups -OCH3 is 1. The molecular formula is C9H7BrN4O2. The maximum absolute atomic E-state index is 11.2. The van der Waals surface area contributed by atoms with Crippen molar-refractivity contribution in [3.05, 3.63) is 35.1 Å². The average Bonchev–Trinajstić information content (AvgIpc) is 2.78. The van der Waals surface area contributed by atoms with Gasteiger partial charge in [0, 0.05) is 12.4 Å². The molecule has 0 spiro atoms. The Labute approximate surface area is 99.4 Å². The van der Waals surface area contributed by atoms with Crippen LogP contribution in [0.5, 0.6) is 0 Å². The largest absolute Gasteiger partial charge is 0.463 e. The summed E-state index contributed by atoms with van der Waals surface area (Å²) in [6.07, 6.45) is 4.70. The van der Waals surface area contributed by atoms with Crippen molar-refractivity contribution in [2.24, 2.45) is 0 Å². The molecule has 0 aromatic carbocycles. The summed E-state index contributed by atoms with van der Waals surface area (Å²) in [5.41, 5.74) is 0.748. The molecule has 0 amide bonds. The standard InChI is InChI=1S/C9H7BrN4O2/c1-16-9(15)8-12-5-14(13-8)7-2-3-11-4-6(7)10/h2-5H,1H3. The van der Waals surface area contributed by atoms with E-state index in [0.29, 0.717) is 0 Å². The number of aromatic nitrogens is 4. The minimum Gasteiger partial charge on any atom is -0.463 e. The maximum atomic E-state index is 11.2. The Bertz CT molecular complexity index is 526. The molecule has 0 bridgehead atoms. The average molecular weight is 283 g/mol. The fourth-order valence-corrected chi connectivity index (χ4v) is 1.55. The van der Waals surface area contributed by atoms with Crippen LogP contribution in [0.4, 0.5) is 0 Å². The SMILES string of the molecule is COC(=O)c1ncn(-c2ccncc2Br)n1. The second-order valence-electron chi connectivity index (χ2n) is 2.83. The summed E-state index contributed by atoms with van der Waals surface area (Å²) in [6, 6.07) is 1.75. The third-order valence-corrected chi connectivity index (χ3v) is 2.47. The molecule has 0 aliphatic carbocycles.